The van der Waals surface area contributed by atoms with Crippen molar-refractivity contribution >= 4 is 22.9 Å². The molecule has 0 spiro atoms. The van der Waals surface area contributed by atoms with E-state index in [1.807, 2.05) is 0 Å². The third-order valence-corrected chi connectivity index (χ3v) is 3.70. The maximum absolute atomic E-state index is 13.1. The highest BCUT2D eigenvalue weighted by atomic mass is 35.5. The second kappa shape index (κ2) is 5.56. The number of hydrogen-bond donors (Lipinski definition) is 0. The van der Waals surface area contributed by atoms with Crippen molar-refractivity contribution < 1.29 is 4.39 Å². The minimum absolute atomic E-state index is 0.194. The van der Waals surface area contributed by atoms with Gasteiger partial charge in [0.15, 0.2) is 0 Å². The number of halogens is 2. The van der Waals surface area contributed by atoms with E-state index in [9.17, 15) is 4.39 Å². The highest BCUT2D eigenvalue weighted by molar-refractivity contribution is 7.14. The van der Waals surface area contributed by atoms with Crippen molar-refractivity contribution in [1.29, 1.82) is 0 Å². The first-order valence-electron chi connectivity index (χ1n) is 5.35. The fourth-order valence-electron chi connectivity index (χ4n) is 1.47. The molecular weight excluding hydrogens is 259 g/mol. The first kappa shape index (κ1) is 12.5. The van der Waals surface area contributed by atoms with Gasteiger partial charge < -0.3 is 0 Å². The number of aromatic nitrogens is 2. The molecule has 1 aromatic heterocycles. The molecule has 2 aromatic rings. The Kier molecular flexibility index (Phi) is 4.07. The second-order valence-corrected chi connectivity index (χ2v) is 5.20. The molecule has 0 aliphatic rings. The minimum atomic E-state index is -0.194. The summed E-state index contributed by atoms with van der Waals surface area (Å²) in [7, 11) is 0. The summed E-state index contributed by atoms with van der Waals surface area (Å²) in [4.78, 5) is 0. The van der Waals surface area contributed by atoms with Gasteiger partial charge in [0, 0.05) is 17.9 Å². The highest BCUT2D eigenvalue weighted by Gasteiger charge is 2.08. The molecule has 0 unspecified atom stereocenters. The third kappa shape index (κ3) is 3.01. The molecule has 0 aliphatic carbocycles. The lowest BCUT2D eigenvalue weighted by Gasteiger charge is -1.98. The predicted octanol–water partition coefficient (Wildman–Crippen LogP) is 3.82. The molecule has 17 heavy (non-hydrogen) atoms. The van der Waals surface area contributed by atoms with E-state index in [2.05, 4.69) is 10.2 Å². The Morgan fingerprint density at radius 1 is 1.35 bits per heavy atom. The van der Waals surface area contributed by atoms with Gasteiger partial charge in [-0.25, -0.2) is 4.39 Å². The minimum Gasteiger partial charge on any atom is -0.207 e. The maximum atomic E-state index is 13.1. The van der Waals surface area contributed by atoms with Gasteiger partial charge in [0.1, 0.15) is 15.8 Å². The molecule has 0 amide bonds. The Hall–Kier alpha value is -1.000. The maximum Gasteiger partial charge on any atom is 0.147 e. The molecule has 0 fully saturated rings. The number of benzene rings is 1. The van der Waals surface area contributed by atoms with Crippen LogP contribution in [0.4, 0.5) is 4.39 Å². The van der Waals surface area contributed by atoms with Gasteiger partial charge in [-0.1, -0.05) is 11.3 Å². The quantitative estimate of drug-likeness (QED) is 0.789. The van der Waals surface area contributed by atoms with Crippen molar-refractivity contribution in [2.45, 2.75) is 19.8 Å². The summed E-state index contributed by atoms with van der Waals surface area (Å²) in [6.07, 6.45) is 1.75. The Morgan fingerprint density at radius 3 is 2.88 bits per heavy atom. The zero-order valence-corrected chi connectivity index (χ0v) is 11.0. The molecule has 90 valence electrons. The average molecular weight is 271 g/mol. The van der Waals surface area contributed by atoms with E-state index in [0.29, 0.717) is 11.4 Å². The van der Waals surface area contributed by atoms with Gasteiger partial charge in [0.25, 0.3) is 0 Å². The lowest BCUT2D eigenvalue weighted by atomic mass is 10.1. The summed E-state index contributed by atoms with van der Waals surface area (Å²) in [6.45, 7) is 1.74. The van der Waals surface area contributed by atoms with Crippen molar-refractivity contribution in [3.8, 4) is 10.6 Å². The van der Waals surface area contributed by atoms with Gasteiger partial charge in [0.05, 0.1) is 0 Å². The average Bonchev–Trinajstić information content (AvgIpc) is 2.79. The topological polar surface area (TPSA) is 25.8 Å². The highest BCUT2D eigenvalue weighted by Crippen LogP contribution is 2.25. The molecule has 5 heteroatoms. The number of alkyl halides is 1. The molecular formula is C12H12ClFN2S. The van der Waals surface area contributed by atoms with Gasteiger partial charge in [-0.3, -0.25) is 0 Å². The van der Waals surface area contributed by atoms with Gasteiger partial charge >= 0.3 is 0 Å². The summed E-state index contributed by atoms with van der Waals surface area (Å²) in [6, 6.07) is 4.99. The van der Waals surface area contributed by atoms with Crippen molar-refractivity contribution in [3.63, 3.8) is 0 Å². The molecule has 0 bridgehead atoms. The molecule has 0 atom stereocenters. The Bertz CT molecular complexity index is 513. The SMILES string of the molecule is Cc1cc(-c2nnc(CCCCl)s2)ccc1F. The van der Waals surface area contributed by atoms with E-state index < -0.39 is 0 Å². The molecule has 0 saturated carbocycles. The fraction of sp³-hybridized carbons (Fsp3) is 0.333. The van der Waals surface area contributed by atoms with Gasteiger partial charge in [0.2, 0.25) is 0 Å². The van der Waals surface area contributed by atoms with Crippen LogP contribution in [0.3, 0.4) is 0 Å². The molecule has 0 saturated heterocycles. The van der Waals surface area contributed by atoms with Crippen LogP contribution in [0.25, 0.3) is 10.6 Å². The Morgan fingerprint density at radius 2 is 2.18 bits per heavy atom. The number of nitrogens with zero attached hydrogens (tertiary/aromatic N) is 2. The van der Waals surface area contributed by atoms with E-state index >= 15 is 0 Å². The van der Waals surface area contributed by atoms with Crippen molar-refractivity contribution in [2.24, 2.45) is 0 Å². The number of hydrogen-bond acceptors (Lipinski definition) is 3. The predicted molar refractivity (Wildman–Crippen MR) is 69.1 cm³/mol. The van der Waals surface area contributed by atoms with Crippen LogP contribution in [-0.2, 0) is 6.42 Å². The smallest absolute Gasteiger partial charge is 0.147 e. The van der Waals surface area contributed by atoms with Crippen LogP contribution in [0.2, 0.25) is 0 Å². The van der Waals surface area contributed by atoms with E-state index in [4.69, 9.17) is 11.6 Å². The Balaban J connectivity index is 2.21. The molecule has 0 N–H and O–H groups in total. The monoisotopic (exact) mass is 270 g/mol. The van der Waals surface area contributed by atoms with E-state index in [0.717, 1.165) is 28.4 Å². The lowest BCUT2D eigenvalue weighted by molar-refractivity contribution is 0.619. The standard InChI is InChI=1S/C12H12ClFN2S/c1-8-7-9(4-5-10(8)14)12-16-15-11(17-12)3-2-6-13/h4-5,7H,2-3,6H2,1H3. The zero-order chi connectivity index (χ0) is 12.3. The fourth-order valence-corrected chi connectivity index (χ4v) is 2.48. The number of rotatable bonds is 4. The molecule has 2 rings (SSSR count). The van der Waals surface area contributed by atoms with Crippen LogP contribution in [0.1, 0.15) is 17.0 Å². The summed E-state index contributed by atoms with van der Waals surface area (Å²) >= 11 is 7.17. The number of aryl methyl sites for hydroxylation is 2. The molecule has 0 radical (unpaired) electrons. The van der Waals surface area contributed by atoms with E-state index in [-0.39, 0.29) is 5.82 Å². The normalized spacial score (nSPS) is 10.8. The summed E-state index contributed by atoms with van der Waals surface area (Å²) in [5, 5.41) is 10.0. The van der Waals surface area contributed by atoms with E-state index in [1.54, 1.807) is 19.1 Å². The second-order valence-electron chi connectivity index (χ2n) is 3.76. The largest absolute Gasteiger partial charge is 0.207 e. The molecule has 2 nitrogen and oxygen atoms in total. The van der Waals surface area contributed by atoms with Gasteiger partial charge in [-0.2, -0.15) is 0 Å². The van der Waals surface area contributed by atoms with Gasteiger partial charge in [-0.05, 0) is 37.1 Å². The van der Waals surface area contributed by atoms with Crippen LogP contribution < -0.4 is 0 Å². The van der Waals surface area contributed by atoms with Gasteiger partial charge in [-0.15, -0.1) is 21.8 Å². The molecule has 0 aliphatic heterocycles. The molecule has 1 aromatic carbocycles. The Labute approximate surface area is 108 Å². The summed E-state index contributed by atoms with van der Waals surface area (Å²) < 4.78 is 13.1. The van der Waals surface area contributed by atoms with Crippen LogP contribution in [0.15, 0.2) is 18.2 Å². The van der Waals surface area contributed by atoms with Crippen molar-refractivity contribution in [3.05, 3.63) is 34.6 Å². The first-order valence-corrected chi connectivity index (χ1v) is 6.70. The molecule has 1 heterocycles. The summed E-state index contributed by atoms with van der Waals surface area (Å²) in [5.41, 5.74) is 1.54. The van der Waals surface area contributed by atoms with Crippen molar-refractivity contribution in [1.82, 2.24) is 10.2 Å². The summed E-state index contributed by atoms with van der Waals surface area (Å²) in [5.74, 6) is 0.436. The first-order chi connectivity index (χ1) is 8.20. The van der Waals surface area contributed by atoms with Crippen LogP contribution in [0, 0.1) is 12.7 Å². The van der Waals surface area contributed by atoms with E-state index in [1.165, 1.54) is 17.4 Å². The van der Waals surface area contributed by atoms with Crippen molar-refractivity contribution in [2.75, 3.05) is 5.88 Å². The van der Waals surface area contributed by atoms with Crippen LogP contribution in [0.5, 0.6) is 0 Å². The zero-order valence-electron chi connectivity index (χ0n) is 9.41. The lowest BCUT2D eigenvalue weighted by Crippen LogP contribution is -1.84. The third-order valence-electron chi connectivity index (χ3n) is 2.40. The van der Waals surface area contributed by atoms with Crippen LogP contribution >= 0.6 is 22.9 Å². The van der Waals surface area contributed by atoms with Crippen LogP contribution in [-0.4, -0.2) is 16.1 Å².